The van der Waals surface area contributed by atoms with Gasteiger partial charge in [-0.15, -0.1) is 0 Å². The minimum atomic E-state index is -1.55. The summed E-state index contributed by atoms with van der Waals surface area (Å²) < 4.78 is 17.2. The van der Waals surface area contributed by atoms with Crippen molar-refractivity contribution in [3.05, 3.63) is 12.2 Å². The van der Waals surface area contributed by atoms with Crippen LogP contribution < -0.4 is 0 Å². The number of rotatable bonds is 5. The van der Waals surface area contributed by atoms with Crippen molar-refractivity contribution >= 4 is 0 Å². The molecule has 6 N–H and O–H groups in total. The molecule has 2 saturated heterocycles. The van der Waals surface area contributed by atoms with Crippen LogP contribution in [0.25, 0.3) is 0 Å². The van der Waals surface area contributed by atoms with Gasteiger partial charge in [-0.3, -0.25) is 0 Å². The Hall–Kier alpha value is -0.620. The van der Waals surface area contributed by atoms with Gasteiger partial charge in [-0.2, -0.15) is 0 Å². The molecule has 0 spiro atoms. The van der Waals surface area contributed by atoms with Gasteiger partial charge in [-0.1, -0.05) is 26.0 Å². The normalized spacial score (nSPS) is 51.7. The summed E-state index contributed by atoms with van der Waals surface area (Å²) in [7, 11) is 0. The zero-order valence-electron chi connectivity index (χ0n) is 16.6. The van der Waals surface area contributed by atoms with Crippen LogP contribution in [0.15, 0.2) is 12.2 Å². The highest BCUT2D eigenvalue weighted by molar-refractivity contribution is 5.35. The third-order valence-corrected chi connectivity index (χ3v) is 6.47. The van der Waals surface area contributed by atoms with Gasteiger partial charge in [0.1, 0.15) is 41.7 Å². The Labute approximate surface area is 164 Å². The van der Waals surface area contributed by atoms with E-state index in [-0.39, 0.29) is 0 Å². The SMILES string of the molecule is C[C@H](O)/C=C/[C@]12O[C@@]1(C)C(O)[C@@H](O[C@@H]1O[C@H](CO)[C@@H](O)[C@H](O)[C@H]1O)CC2(C)C. The van der Waals surface area contributed by atoms with Crippen molar-refractivity contribution < 1.29 is 44.8 Å². The van der Waals surface area contributed by atoms with Crippen molar-refractivity contribution in [2.24, 2.45) is 5.41 Å². The molecule has 10 atom stereocenters. The van der Waals surface area contributed by atoms with E-state index in [0.29, 0.717) is 6.42 Å². The van der Waals surface area contributed by atoms with Crippen molar-refractivity contribution in [1.29, 1.82) is 0 Å². The van der Waals surface area contributed by atoms with Crippen LogP contribution in [0.1, 0.15) is 34.1 Å². The third kappa shape index (κ3) is 3.23. The summed E-state index contributed by atoms with van der Waals surface area (Å²) in [6, 6.07) is 0. The molecule has 0 aromatic heterocycles. The summed E-state index contributed by atoms with van der Waals surface area (Å²) in [6.07, 6.45) is -5.72. The first-order valence-electron chi connectivity index (χ1n) is 9.62. The molecule has 9 nitrogen and oxygen atoms in total. The fourth-order valence-electron chi connectivity index (χ4n) is 4.69. The molecule has 3 aliphatic rings. The van der Waals surface area contributed by atoms with Gasteiger partial charge in [0.2, 0.25) is 0 Å². The summed E-state index contributed by atoms with van der Waals surface area (Å²) in [6.45, 7) is 6.75. The summed E-state index contributed by atoms with van der Waals surface area (Å²) in [4.78, 5) is 0. The first-order valence-corrected chi connectivity index (χ1v) is 9.62. The Morgan fingerprint density at radius 3 is 2.32 bits per heavy atom. The Morgan fingerprint density at radius 1 is 1.11 bits per heavy atom. The maximum absolute atomic E-state index is 10.9. The number of aliphatic hydroxyl groups is 6. The van der Waals surface area contributed by atoms with E-state index < -0.39 is 72.2 Å². The average Bonchev–Trinajstić information content (AvgIpc) is 3.27. The maximum atomic E-state index is 10.9. The van der Waals surface area contributed by atoms with Crippen molar-refractivity contribution in [2.45, 2.75) is 94.3 Å². The number of fused-ring (bicyclic) bond motifs is 1. The van der Waals surface area contributed by atoms with E-state index in [0.717, 1.165) is 0 Å². The highest BCUT2D eigenvalue weighted by Crippen LogP contribution is 2.66. The van der Waals surface area contributed by atoms with E-state index >= 15 is 0 Å². The Bertz CT molecular complexity index is 606. The number of epoxide rings is 1. The van der Waals surface area contributed by atoms with Crippen LogP contribution in [0.2, 0.25) is 0 Å². The number of hydrogen-bond acceptors (Lipinski definition) is 9. The maximum Gasteiger partial charge on any atom is 0.187 e. The highest BCUT2D eigenvalue weighted by Gasteiger charge is 2.79. The lowest BCUT2D eigenvalue weighted by Crippen LogP contribution is -2.62. The van der Waals surface area contributed by atoms with Crippen LogP contribution in [0.5, 0.6) is 0 Å². The van der Waals surface area contributed by atoms with Gasteiger partial charge in [0.15, 0.2) is 6.29 Å². The molecule has 1 saturated carbocycles. The molecule has 1 aliphatic carbocycles. The molecule has 9 heteroatoms. The van der Waals surface area contributed by atoms with E-state index in [2.05, 4.69) is 0 Å². The van der Waals surface area contributed by atoms with Gasteiger partial charge in [-0.05, 0) is 20.3 Å². The second-order valence-corrected chi connectivity index (χ2v) is 8.95. The van der Waals surface area contributed by atoms with Crippen LogP contribution >= 0.6 is 0 Å². The van der Waals surface area contributed by atoms with Gasteiger partial charge >= 0.3 is 0 Å². The average molecular weight is 404 g/mol. The summed E-state index contributed by atoms with van der Waals surface area (Å²) in [5, 5.41) is 59.9. The highest BCUT2D eigenvalue weighted by atomic mass is 16.7. The van der Waals surface area contributed by atoms with Crippen molar-refractivity contribution in [3.63, 3.8) is 0 Å². The molecule has 3 fully saturated rings. The van der Waals surface area contributed by atoms with Gasteiger partial charge in [-0.25, -0.2) is 0 Å². The van der Waals surface area contributed by atoms with Crippen LogP contribution in [-0.2, 0) is 14.2 Å². The summed E-state index contributed by atoms with van der Waals surface area (Å²) in [5.74, 6) is 0. The predicted octanol–water partition coefficient (Wildman–Crippen LogP) is -1.57. The first-order chi connectivity index (χ1) is 12.9. The second-order valence-electron chi connectivity index (χ2n) is 8.95. The molecule has 28 heavy (non-hydrogen) atoms. The zero-order valence-corrected chi connectivity index (χ0v) is 16.6. The lowest BCUT2D eigenvalue weighted by Gasteiger charge is -2.46. The number of ether oxygens (including phenoxy) is 3. The van der Waals surface area contributed by atoms with Crippen LogP contribution in [-0.4, -0.2) is 97.5 Å². The fourth-order valence-corrected chi connectivity index (χ4v) is 4.69. The lowest BCUT2D eigenvalue weighted by molar-refractivity contribution is -0.322. The van der Waals surface area contributed by atoms with Crippen molar-refractivity contribution in [1.82, 2.24) is 0 Å². The molecule has 0 amide bonds. The standard InChI is InChI=1S/C19H32O9/c1-9(21)5-6-19-17(2,3)7-10(15(25)18(19,4)28-19)26-16-14(24)13(23)12(22)11(8-20)27-16/h5-6,9-16,20-25H,7-8H2,1-4H3/b6-5+/t9-,10-,11+,12+,13-,14+,15?,16+,18-,19+/m0/s1. The van der Waals surface area contributed by atoms with Crippen molar-refractivity contribution in [2.75, 3.05) is 6.61 Å². The zero-order chi connectivity index (χ0) is 21.1. The van der Waals surface area contributed by atoms with Crippen LogP contribution in [0, 0.1) is 5.41 Å². The van der Waals surface area contributed by atoms with E-state index in [9.17, 15) is 30.6 Å². The molecule has 0 bridgehead atoms. The van der Waals surface area contributed by atoms with E-state index in [1.54, 1.807) is 26.0 Å². The molecule has 0 radical (unpaired) electrons. The molecule has 0 aromatic rings. The minimum absolute atomic E-state index is 0.350. The molecule has 1 unspecified atom stereocenters. The topological polar surface area (TPSA) is 152 Å². The number of hydrogen-bond donors (Lipinski definition) is 6. The van der Waals surface area contributed by atoms with Gasteiger partial charge in [0.25, 0.3) is 0 Å². The predicted molar refractivity (Wildman–Crippen MR) is 96.1 cm³/mol. The summed E-state index contributed by atoms with van der Waals surface area (Å²) in [5.41, 5.74) is -2.21. The minimum Gasteiger partial charge on any atom is -0.394 e. The Balaban J connectivity index is 1.79. The van der Waals surface area contributed by atoms with E-state index in [4.69, 9.17) is 14.2 Å². The molecule has 2 aliphatic heterocycles. The Morgan fingerprint density at radius 2 is 1.75 bits per heavy atom. The van der Waals surface area contributed by atoms with Gasteiger partial charge < -0.3 is 44.8 Å². The van der Waals surface area contributed by atoms with Crippen LogP contribution in [0.4, 0.5) is 0 Å². The Kier molecular flexibility index (Phi) is 5.72. The quantitative estimate of drug-likeness (QED) is 0.236. The lowest BCUT2D eigenvalue weighted by atomic mass is 9.62. The third-order valence-electron chi connectivity index (χ3n) is 6.47. The fraction of sp³-hybridized carbons (Fsp3) is 0.895. The largest absolute Gasteiger partial charge is 0.394 e. The molecule has 0 aromatic carbocycles. The molecule has 3 rings (SSSR count). The monoisotopic (exact) mass is 404 g/mol. The van der Waals surface area contributed by atoms with Crippen molar-refractivity contribution in [3.8, 4) is 0 Å². The molecular formula is C19H32O9. The first kappa shape index (κ1) is 22.1. The molecule has 2 heterocycles. The summed E-state index contributed by atoms with van der Waals surface area (Å²) >= 11 is 0. The molecular weight excluding hydrogens is 372 g/mol. The molecule has 162 valence electrons. The van der Waals surface area contributed by atoms with E-state index in [1.807, 2.05) is 13.8 Å². The second kappa shape index (κ2) is 7.26. The van der Waals surface area contributed by atoms with Gasteiger partial charge in [0, 0.05) is 5.41 Å². The number of aliphatic hydroxyl groups excluding tert-OH is 6. The van der Waals surface area contributed by atoms with Crippen LogP contribution in [0.3, 0.4) is 0 Å². The smallest absolute Gasteiger partial charge is 0.187 e. The van der Waals surface area contributed by atoms with Gasteiger partial charge in [0.05, 0.1) is 18.8 Å². The van der Waals surface area contributed by atoms with E-state index in [1.165, 1.54) is 0 Å².